The summed E-state index contributed by atoms with van der Waals surface area (Å²) in [5.41, 5.74) is -0.0144. The van der Waals surface area contributed by atoms with Gasteiger partial charge in [0.15, 0.2) is 5.76 Å². The van der Waals surface area contributed by atoms with Gasteiger partial charge in [-0.2, -0.15) is 0 Å². The summed E-state index contributed by atoms with van der Waals surface area (Å²) in [4.78, 5) is 29.0. The molecule has 1 aromatic carbocycles. The predicted molar refractivity (Wildman–Crippen MR) is 105 cm³/mol. The number of esters is 1. The highest BCUT2D eigenvalue weighted by Gasteiger charge is 2.26. The van der Waals surface area contributed by atoms with E-state index < -0.39 is 23.1 Å². The highest BCUT2D eigenvalue weighted by atomic mass is 32.2. The standard InChI is InChI=1S/C21H18FNO5S/c1-27-19(25)10-17(13-3-2-8-23-11-13)21-20(26)18(24)9-15(28-21)12-29-16-6-4-14(22)5-7-16/h2-9,11,17,26H,10,12H2,1H3/t17-/m0/s1. The van der Waals surface area contributed by atoms with Crippen LogP contribution in [0.5, 0.6) is 5.75 Å². The number of aromatic hydroxyl groups is 1. The van der Waals surface area contributed by atoms with Crippen molar-refractivity contribution in [3.8, 4) is 5.75 Å². The lowest BCUT2D eigenvalue weighted by molar-refractivity contribution is -0.140. The van der Waals surface area contributed by atoms with Crippen molar-refractivity contribution < 1.29 is 23.4 Å². The van der Waals surface area contributed by atoms with E-state index in [1.807, 2.05) is 0 Å². The zero-order chi connectivity index (χ0) is 20.8. The van der Waals surface area contributed by atoms with Crippen molar-refractivity contribution in [3.05, 3.63) is 88.0 Å². The second-order valence-electron chi connectivity index (χ2n) is 6.15. The number of thioether (sulfide) groups is 1. The highest BCUT2D eigenvalue weighted by Crippen LogP contribution is 2.34. The van der Waals surface area contributed by atoms with Crippen LogP contribution in [0.2, 0.25) is 0 Å². The van der Waals surface area contributed by atoms with Crippen LogP contribution in [-0.2, 0) is 15.3 Å². The zero-order valence-electron chi connectivity index (χ0n) is 15.5. The number of aromatic nitrogens is 1. The topological polar surface area (TPSA) is 89.6 Å². The first-order valence-electron chi connectivity index (χ1n) is 8.69. The summed E-state index contributed by atoms with van der Waals surface area (Å²) in [5, 5.41) is 10.3. The first-order valence-corrected chi connectivity index (χ1v) is 9.67. The molecule has 0 saturated carbocycles. The molecule has 6 nitrogen and oxygen atoms in total. The number of methoxy groups -OCH3 is 1. The second-order valence-corrected chi connectivity index (χ2v) is 7.20. The molecule has 0 aliphatic carbocycles. The Labute approximate surface area is 170 Å². The SMILES string of the molecule is COC(=O)C[C@@H](c1cccnc1)c1oc(CSc2ccc(F)cc2)cc(=O)c1O. The van der Waals surface area contributed by atoms with Crippen LogP contribution in [0.15, 0.2) is 69.0 Å². The van der Waals surface area contributed by atoms with Crippen LogP contribution in [0, 0.1) is 5.82 Å². The number of halogens is 1. The van der Waals surface area contributed by atoms with E-state index in [-0.39, 0.29) is 23.8 Å². The summed E-state index contributed by atoms with van der Waals surface area (Å²) in [5.74, 6) is -1.58. The van der Waals surface area contributed by atoms with Gasteiger partial charge in [-0.15, -0.1) is 11.8 Å². The third kappa shape index (κ3) is 5.23. The average molecular weight is 415 g/mol. The van der Waals surface area contributed by atoms with Gasteiger partial charge in [0.2, 0.25) is 11.2 Å². The average Bonchev–Trinajstić information content (AvgIpc) is 2.74. The fourth-order valence-electron chi connectivity index (χ4n) is 2.74. The molecule has 29 heavy (non-hydrogen) atoms. The maximum atomic E-state index is 13.0. The Kier molecular flexibility index (Phi) is 6.66. The summed E-state index contributed by atoms with van der Waals surface area (Å²) >= 11 is 1.35. The lowest BCUT2D eigenvalue weighted by Crippen LogP contribution is -2.14. The summed E-state index contributed by atoms with van der Waals surface area (Å²) in [6.07, 6.45) is 2.98. The van der Waals surface area contributed by atoms with Gasteiger partial charge in [-0.25, -0.2) is 4.39 Å². The maximum absolute atomic E-state index is 13.0. The van der Waals surface area contributed by atoms with Gasteiger partial charge in [-0.3, -0.25) is 14.6 Å². The van der Waals surface area contributed by atoms with E-state index in [1.165, 1.54) is 43.3 Å². The summed E-state index contributed by atoms with van der Waals surface area (Å²) in [7, 11) is 1.26. The maximum Gasteiger partial charge on any atom is 0.306 e. The number of pyridine rings is 1. The molecular formula is C21H18FNO5S. The van der Waals surface area contributed by atoms with Gasteiger partial charge in [0.05, 0.1) is 25.2 Å². The number of nitrogens with zero attached hydrogens (tertiary/aromatic N) is 1. The van der Waals surface area contributed by atoms with Gasteiger partial charge < -0.3 is 14.3 Å². The van der Waals surface area contributed by atoms with Crippen molar-refractivity contribution in [2.45, 2.75) is 23.0 Å². The molecule has 0 radical (unpaired) electrons. The minimum absolute atomic E-state index is 0.0226. The Hall–Kier alpha value is -3.13. The molecule has 0 aliphatic rings. The molecule has 150 valence electrons. The molecule has 1 atom stereocenters. The van der Waals surface area contributed by atoms with Gasteiger partial charge in [-0.05, 0) is 35.9 Å². The third-order valence-corrected chi connectivity index (χ3v) is 5.23. The number of rotatable bonds is 7. The molecule has 0 bridgehead atoms. The number of hydrogen-bond donors (Lipinski definition) is 1. The molecule has 0 spiro atoms. The molecular weight excluding hydrogens is 397 g/mol. The molecule has 3 aromatic rings. The highest BCUT2D eigenvalue weighted by molar-refractivity contribution is 7.98. The van der Waals surface area contributed by atoms with Gasteiger partial charge in [0, 0.05) is 23.4 Å². The van der Waals surface area contributed by atoms with E-state index in [4.69, 9.17) is 9.15 Å². The van der Waals surface area contributed by atoms with Crippen molar-refractivity contribution in [3.63, 3.8) is 0 Å². The third-order valence-electron chi connectivity index (χ3n) is 4.20. The quantitative estimate of drug-likeness (QED) is 0.463. The monoisotopic (exact) mass is 415 g/mol. The molecule has 3 rings (SSSR count). The molecule has 0 saturated heterocycles. The molecule has 0 amide bonds. The van der Waals surface area contributed by atoms with Gasteiger partial charge in [-0.1, -0.05) is 6.07 Å². The molecule has 0 fully saturated rings. The van der Waals surface area contributed by atoms with Crippen LogP contribution >= 0.6 is 11.8 Å². The minimum atomic E-state index is -0.736. The van der Waals surface area contributed by atoms with Gasteiger partial charge in [0.25, 0.3) is 0 Å². The second kappa shape index (κ2) is 9.38. The fourth-order valence-corrected chi connectivity index (χ4v) is 3.52. The normalized spacial score (nSPS) is 11.8. The van der Waals surface area contributed by atoms with Crippen LogP contribution in [-0.4, -0.2) is 23.2 Å². The lowest BCUT2D eigenvalue weighted by Gasteiger charge is -2.17. The van der Waals surface area contributed by atoms with Crippen LogP contribution in [0.4, 0.5) is 4.39 Å². The van der Waals surface area contributed by atoms with E-state index in [9.17, 15) is 19.1 Å². The van der Waals surface area contributed by atoms with Crippen LogP contribution < -0.4 is 5.43 Å². The van der Waals surface area contributed by atoms with Crippen molar-refractivity contribution in [1.82, 2.24) is 4.98 Å². The van der Waals surface area contributed by atoms with Crippen LogP contribution in [0.1, 0.15) is 29.4 Å². The largest absolute Gasteiger partial charge is 0.502 e. The van der Waals surface area contributed by atoms with E-state index in [1.54, 1.807) is 30.5 Å². The predicted octanol–water partition coefficient (Wildman–Crippen LogP) is 3.87. The van der Waals surface area contributed by atoms with Crippen molar-refractivity contribution >= 4 is 17.7 Å². The van der Waals surface area contributed by atoms with Crippen molar-refractivity contribution in [2.75, 3.05) is 7.11 Å². The molecule has 0 aliphatic heterocycles. The molecule has 2 aromatic heterocycles. The number of hydrogen-bond acceptors (Lipinski definition) is 7. The number of ether oxygens (including phenoxy) is 1. The Bertz CT molecular complexity index is 1040. The van der Waals surface area contributed by atoms with Crippen LogP contribution in [0.25, 0.3) is 0 Å². The smallest absolute Gasteiger partial charge is 0.306 e. The Morgan fingerprint density at radius 3 is 2.72 bits per heavy atom. The lowest BCUT2D eigenvalue weighted by atomic mass is 9.93. The summed E-state index contributed by atoms with van der Waals surface area (Å²) in [6, 6.07) is 10.5. The summed E-state index contributed by atoms with van der Waals surface area (Å²) in [6.45, 7) is 0. The van der Waals surface area contributed by atoms with E-state index in [0.717, 1.165) is 4.90 Å². The molecule has 0 unspecified atom stereocenters. The number of carbonyl (C=O) groups is 1. The van der Waals surface area contributed by atoms with Crippen molar-refractivity contribution in [1.29, 1.82) is 0 Å². The zero-order valence-corrected chi connectivity index (χ0v) is 16.3. The Morgan fingerprint density at radius 2 is 2.07 bits per heavy atom. The summed E-state index contributed by atoms with van der Waals surface area (Å²) < 4.78 is 23.6. The minimum Gasteiger partial charge on any atom is -0.502 e. The van der Waals surface area contributed by atoms with Crippen LogP contribution in [0.3, 0.4) is 0 Å². The first-order chi connectivity index (χ1) is 14.0. The van der Waals surface area contributed by atoms with Crippen molar-refractivity contribution in [2.24, 2.45) is 0 Å². The van der Waals surface area contributed by atoms with Gasteiger partial charge >= 0.3 is 5.97 Å². The Morgan fingerprint density at radius 1 is 1.31 bits per heavy atom. The Balaban J connectivity index is 1.94. The van der Waals surface area contributed by atoms with E-state index >= 15 is 0 Å². The van der Waals surface area contributed by atoms with Gasteiger partial charge in [0.1, 0.15) is 11.6 Å². The van der Waals surface area contributed by atoms with E-state index in [2.05, 4.69) is 4.98 Å². The fraction of sp³-hybridized carbons (Fsp3) is 0.190. The van der Waals surface area contributed by atoms with E-state index in [0.29, 0.717) is 11.3 Å². The molecule has 2 heterocycles. The number of benzene rings is 1. The number of carbonyl (C=O) groups excluding carboxylic acids is 1. The first kappa shape index (κ1) is 20.6. The molecule has 8 heteroatoms. The molecule has 1 N–H and O–H groups in total.